The van der Waals surface area contributed by atoms with Crippen molar-refractivity contribution in [2.24, 2.45) is 4.99 Å². The number of benzene rings is 3. The van der Waals surface area contributed by atoms with Gasteiger partial charge in [-0.15, -0.1) is 0 Å². The number of aliphatic imine (C=N–C) groups is 1. The lowest BCUT2D eigenvalue weighted by molar-refractivity contribution is -0.136. The number of carbonyl (C=O) groups is 3. The van der Waals surface area contributed by atoms with E-state index in [4.69, 9.17) is 14.8 Å². The van der Waals surface area contributed by atoms with Gasteiger partial charge in [-0.3, -0.25) is 14.6 Å². The van der Waals surface area contributed by atoms with Gasteiger partial charge in [0.15, 0.2) is 0 Å². The van der Waals surface area contributed by atoms with Crippen molar-refractivity contribution in [3.8, 4) is 0 Å². The summed E-state index contributed by atoms with van der Waals surface area (Å²) in [4.78, 5) is 40.8. The van der Waals surface area contributed by atoms with Gasteiger partial charge in [-0.25, -0.2) is 4.79 Å². The van der Waals surface area contributed by atoms with Crippen molar-refractivity contribution in [3.05, 3.63) is 95.1 Å². The number of ether oxygens (including phenoxy) is 1. The molecule has 1 atom stereocenters. The fourth-order valence-electron chi connectivity index (χ4n) is 3.92. The third kappa shape index (κ3) is 5.62. The summed E-state index contributed by atoms with van der Waals surface area (Å²) in [6, 6.07) is 21.9. The van der Waals surface area contributed by atoms with Gasteiger partial charge < -0.3 is 20.5 Å². The van der Waals surface area contributed by atoms with Crippen LogP contribution in [0.4, 0.5) is 11.4 Å². The van der Waals surface area contributed by atoms with Crippen LogP contribution in [-0.2, 0) is 20.9 Å². The Kier molecular flexibility index (Phi) is 7.32. The molecule has 0 saturated heterocycles. The van der Waals surface area contributed by atoms with Crippen LogP contribution >= 0.6 is 0 Å². The maximum Gasteiger partial charge on any atom is 0.338 e. The number of amides is 1. The first-order valence-corrected chi connectivity index (χ1v) is 11.2. The summed E-state index contributed by atoms with van der Waals surface area (Å²) >= 11 is 0. The van der Waals surface area contributed by atoms with Crippen molar-refractivity contribution >= 4 is 34.9 Å². The van der Waals surface area contributed by atoms with Crippen molar-refractivity contribution in [3.63, 3.8) is 0 Å². The van der Waals surface area contributed by atoms with Gasteiger partial charge in [0.1, 0.15) is 5.92 Å². The highest BCUT2D eigenvalue weighted by Crippen LogP contribution is 2.37. The number of fused-ring (bicyclic) bond motifs is 1. The molecule has 0 spiro atoms. The molecule has 35 heavy (non-hydrogen) atoms. The van der Waals surface area contributed by atoms with Gasteiger partial charge >= 0.3 is 11.9 Å². The van der Waals surface area contributed by atoms with Crippen LogP contribution in [-0.4, -0.2) is 41.8 Å². The van der Waals surface area contributed by atoms with Crippen molar-refractivity contribution < 1.29 is 24.2 Å². The smallest absolute Gasteiger partial charge is 0.338 e. The molecule has 1 unspecified atom stereocenters. The van der Waals surface area contributed by atoms with Crippen molar-refractivity contribution in [2.45, 2.75) is 19.4 Å². The number of nitrogens with one attached hydrogen (secondary N) is 2. The summed E-state index contributed by atoms with van der Waals surface area (Å²) in [6.07, 6.45) is 0. The maximum atomic E-state index is 13.1. The minimum absolute atomic E-state index is 0.119. The number of nitrogens with zero attached hydrogens (tertiary/aromatic N) is 1. The van der Waals surface area contributed by atoms with Gasteiger partial charge in [-0.2, -0.15) is 0 Å². The molecule has 8 heteroatoms. The van der Waals surface area contributed by atoms with E-state index in [9.17, 15) is 14.4 Å². The number of carbonyl (C=O) groups excluding carboxylic acids is 2. The molecule has 0 saturated carbocycles. The molecule has 0 aromatic heterocycles. The second-order valence-electron chi connectivity index (χ2n) is 7.97. The lowest BCUT2D eigenvalue weighted by atomic mass is 9.90. The van der Waals surface area contributed by atoms with E-state index in [1.54, 1.807) is 25.1 Å². The van der Waals surface area contributed by atoms with Crippen LogP contribution < -0.4 is 10.6 Å². The Balaban J connectivity index is 1.67. The summed E-state index contributed by atoms with van der Waals surface area (Å²) < 4.78 is 5.07. The van der Waals surface area contributed by atoms with Crippen molar-refractivity contribution in [1.29, 1.82) is 0 Å². The van der Waals surface area contributed by atoms with E-state index in [1.165, 1.54) is 0 Å². The summed E-state index contributed by atoms with van der Waals surface area (Å²) in [6.45, 7) is 2.31. The SMILES string of the molecule is CCOC(=O)c1ccc2c(c1)NC(=O)C2C(=Nc1ccc(CNCC(=O)O)cc1)c1ccccc1. The van der Waals surface area contributed by atoms with Crippen LogP contribution in [0.15, 0.2) is 77.8 Å². The Morgan fingerprint density at radius 1 is 1.03 bits per heavy atom. The number of aliphatic carboxylic acids is 1. The maximum absolute atomic E-state index is 13.1. The molecule has 0 fully saturated rings. The second-order valence-corrected chi connectivity index (χ2v) is 7.97. The van der Waals surface area contributed by atoms with Crippen LogP contribution in [0.3, 0.4) is 0 Å². The predicted octanol–water partition coefficient (Wildman–Crippen LogP) is 3.89. The van der Waals surface area contributed by atoms with Gasteiger partial charge in [0.2, 0.25) is 5.91 Å². The highest BCUT2D eigenvalue weighted by Gasteiger charge is 2.36. The fraction of sp³-hybridized carbons (Fsp3) is 0.185. The molecule has 4 rings (SSSR count). The number of hydrogen-bond acceptors (Lipinski definition) is 6. The van der Waals surface area contributed by atoms with Crippen LogP contribution in [0.1, 0.15) is 39.9 Å². The molecular weight excluding hydrogens is 446 g/mol. The molecule has 1 aliphatic rings. The molecule has 8 nitrogen and oxygen atoms in total. The van der Waals surface area contributed by atoms with Crippen LogP contribution in [0, 0.1) is 0 Å². The summed E-state index contributed by atoms with van der Waals surface area (Å²) in [5, 5.41) is 14.5. The van der Waals surface area contributed by atoms with Crippen LogP contribution in [0.5, 0.6) is 0 Å². The first-order valence-electron chi connectivity index (χ1n) is 11.2. The number of hydrogen-bond donors (Lipinski definition) is 3. The lowest BCUT2D eigenvalue weighted by Gasteiger charge is -2.14. The molecule has 178 valence electrons. The highest BCUT2D eigenvalue weighted by atomic mass is 16.5. The van der Waals surface area contributed by atoms with Gasteiger partial charge in [0.05, 0.1) is 30.1 Å². The molecule has 0 radical (unpaired) electrons. The molecular formula is C27H25N3O5. The number of anilines is 1. The summed E-state index contributed by atoms with van der Waals surface area (Å²) in [5.41, 5.74) is 4.65. The first-order chi connectivity index (χ1) is 17.0. The van der Waals surface area contributed by atoms with Gasteiger partial charge in [0.25, 0.3) is 0 Å². The van der Waals surface area contributed by atoms with E-state index in [1.807, 2.05) is 54.6 Å². The third-order valence-corrected chi connectivity index (χ3v) is 5.53. The average molecular weight is 472 g/mol. The van der Waals surface area contributed by atoms with E-state index in [0.717, 1.165) is 16.7 Å². The van der Waals surface area contributed by atoms with Gasteiger partial charge in [0, 0.05) is 12.2 Å². The Morgan fingerprint density at radius 2 is 1.77 bits per heavy atom. The zero-order chi connectivity index (χ0) is 24.8. The molecule has 0 bridgehead atoms. The predicted molar refractivity (Wildman–Crippen MR) is 132 cm³/mol. The molecule has 3 N–H and O–H groups in total. The topological polar surface area (TPSA) is 117 Å². The van der Waals surface area contributed by atoms with Crippen molar-refractivity contribution in [2.75, 3.05) is 18.5 Å². The second kappa shape index (κ2) is 10.8. The molecule has 1 heterocycles. The summed E-state index contributed by atoms with van der Waals surface area (Å²) in [5.74, 6) is -2.23. The van der Waals surface area contributed by atoms with E-state index in [2.05, 4.69) is 10.6 Å². The van der Waals surface area contributed by atoms with E-state index in [0.29, 0.717) is 29.2 Å². The average Bonchev–Trinajstić information content (AvgIpc) is 3.18. The Labute approximate surface area is 202 Å². The highest BCUT2D eigenvalue weighted by molar-refractivity contribution is 6.24. The first kappa shape index (κ1) is 23.8. The number of esters is 1. The van der Waals surface area contributed by atoms with Crippen LogP contribution in [0.25, 0.3) is 0 Å². The number of carboxylic acid groups (broad SMARTS) is 1. The fourth-order valence-corrected chi connectivity index (χ4v) is 3.92. The van der Waals surface area contributed by atoms with Gasteiger partial charge in [-0.1, -0.05) is 48.5 Å². The normalized spacial score (nSPS) is 14.8. The molecule has 1 amide bonds. The molecule has 1 aliphatic heterocycles. The number of carboxylic acids is 1. The summed E-state index contributed by atoms with van der Waals surface area (Å²) in [7, 11) is 0. The van der Waals surface area contributed by atoms with E-state index in [-0.39, 0.29) is 19.1 Å². The van der Waals surface area contributed by atoms with Crippen LogP contribution in [0.2, 0.25) is 0 Å². The quantitative estimate of drug-likeness (QED) is 0.322. The Bertz CT molecular complexity index is 1270. The number of rotatable bonds is 9. The third-order valence-electron chi connectivity index (χ3n) is 5.53. The largest absolute Gasteiger partial charge is 0.480 e. The lowest BCUT2D eigenvalue weighted by Crippen LogP contribution is -2.22. The van der Waals surface area contributed by atoms with Crippen molar-refractivity contribution in [1.82, 2.24) is 5.32 Å². The molecule has 3 aromatic rings. The van der Waals surface area contributed by atoms with Gasteiger partial charge in [-0.05, 0) is 47.9 Å². The minimum Gasteiger partial charge on any atom is -0.480 e. The van der Waals surface area contributed by atoms with E-state index >= 15 is 0 Å². The monoisotopic (exact) mass is 471 g/mol. The van der Waals surface area contributed by atoms with E-state index < -0.39 is 17.9 Å². The standard InChI is InChI=1S/C27H25N3O5/c1-2-35-27(34)19-10-13-21-22(14-19)30-26(33)24(21)25(18-6-4-3-5-7-18)29-20-11-8-17(9-12-20)15-28-16-23(31)32/h3-14,24,28H,2,15-16H2,1H3,(H,30,33)(H,31,32). The minimum atomic E-state index is -0.914. The zero-order valence-electron chi connectivity index (χ0n) is 19.2. The Hall–Kier alpha value is -4.30. The zero-order valence-corrected chi connectivity index (χ0v) is 19.2. The molecule has 0 aliphatic carbocycles. The Morgan fingerprint density at radius 3 is 2.46 bits per heavy atom. The molecule has 3 aromatic carbocycles.